The number of hydrogen-bond donors (Lipinski definition) is 0. The molecule has 4 nitrogen and oxygen atoms in total. The molecule has 2 aromatic rings. The number of thiophene rings is 1. The van der Waals surface area contributed by atoms with E-state index in [1.807, 2.05) is 28.5 Å². The topological polar surface area (TPSA) is 38.8 Å². The van der Waals surface area contributed by atoms with Crippen molar-refractivity contribution in [3.8, 4) is 0 Å². The van der Waals surface area contributed by atoms with Gasteiger partial charge >= 0.3 is 0 Å². The number of carbonyl (C=O) groups is 1. The number of benzene rings is 1. The molecule has 1 saturated carbocycles. The number of nitrogens with zero attached hydrogens (tertiary/aromatic N) is 1. The van der Waals surface area contributed by atoms with Crippen LogP contribution in [0, 0.1) is 0 Å². The van der Waals surface area contributed by atoms with Gasteiger partial charge in [-0.1, -0.05) is 24.3 Å². The Morgan fingerprint density at radius 1 is 1.42 bits per heavy atom. The molecule has 2 heterocycles. The van der Waals surface area contributed by atoms with Gasteiger partial charge in [0.2, 0.25) is 0 Å². The summed E-state index contributed by atoms with van der Waals surface area (Å²) in [5.41, 5.74) is 0.812. The quantitative estimate of drug-likeness (QED) is 0.798. The smallest absolute Gasteiger partial charge is 0.255 e. The van der Waals surface area contributed by atoms with Gasteiger partial charge in [-0.2, -0.15) is 0 Å². The van der Waals surface area contributed by atoms with E-state index >= 15 is 0 Å². The first-order valence-electron chi connectivity index (χ1n) is 8.41. The van der Waals surface area contributed by atoms with Gasteiger partial charge in [0.1, 0.15) is 6.10 Å². The van der Waals surface area contributed by atoms with Crippen LogP contribution in [-0.2, 0) is 9.47 Å². The first-order chi connectivity index (χ1) is 11.8. The van der Waals surface area contributed by atoms with Crippen LogP contribution >= 0.6 is 11.3 Å². The number of amides is 1. The highest BCUT2D eigenvalue weighted by atomic mass is 32.1. The number of rotatable bonds is 4. The zero-order valence-corrected chi connectivity index (χ0v) is 14.3. The van der Waals surface area contributed by atoms with Crippen LogP contribution in [0.2, 0.25) is 0 Å². The molecule has 1 aromatic carbocycles. The van der Waals surface area contributed by atoms with Crippen molar-refractivity contribution in [2.24, 2.45) is 0 Å². The molecule has 0 bridgehead atoms. The van der Waals surface area contributed by atoms with Gasteiger partial charge in [-0.05, 0) is 18.9 Å². The Balaban J connectivity index is 1.57. The largest absolute Gasteiger partial charge is 0.372 e. The molecule has 4 rings (SSSR count). The minimum absolute atomic E-state index is 0.0208. The van der Waals surface area contributed by atoms with Crippen LogP contribution in [0.25, 0.3) is 10.1 Å². The van der Waals surface area contributed by atoms with Gasteiger partial charge in [0.05, 0.1) is 30.9 Å². The molecule has 24 heavy (non-hydrogen) atoms. The summed E-state index contributed by atoms with van der Waals surface area (Å²) >= 11 is 1.63. The van der Waals surface area contributed by atoms with E-state index in [0.29, 0.717) is 19.8 Å². The summed E-state index contributed by atoms with van der Waals surface area (Å²) in [6.07, 6.45) is 3.66. The normalized spacial score (nSPS) is 26.5. The van der Waals surface area contributed by atoms with Crippen LogP contribution in [0.15, 0.2) is 42.3 Å². The summed E-state index contributed by atoms with van der Waals surface area (Å²) in [5.74, 6) is 0.120. The third-order valence-electron chi connectivity index (χ3n) is 4.94. The summed E-state index contributed by atoms with van der Waals surface area (Å²) in [6, 6.07) is 8.20. The molecule has 2 aliphatic rings. The summed E-state index contributed by atoms with van der Waals surface area (Å²) in [4.78, 5) is 15.2. The number of hydrogen-bond acceptors (Lipinski definition) is 4. The fourth-order valence-corrected chi connectivity index (χ4v) is 4.77. The van der Waals surface area contributed by atoms with Crippen molar-refractivity contribution in [2.75, 3.05) is 19.8 Å². The minimum Gasteiger partial charge on any atom is -0.372 e. The molecule has 1 amide bonds. The van der Waals surface area contributed by atoms with E-state index in [-0.39, 0.29) is 24.2 Å². The van der Waals surface area contributed by atoms with Gasteiger partial charge in [-0.15, -0.1) is 17.9 Å². The average Bonchev–Trinajstić information content (AvgIpc) is 3.23. The Labute approximate surface area is 145 Å². The van der Waals surface area contributed by atoms with E-state index in [0.717, 1.165) is 28.5 Å². The van der Waals surface area contributed by atoms with Gasteiger partial charge in [0.15, 0.2) is 0 Å². The lowest BCUT2D eigenvalue weighted by Gasteiger charge is -2.39. The van der Waals surface area contributed by atoms with Crippen molar-refractivity contribution < 1.29 is 14.3 Å². The highest BCUT2D eigenvalue weighted by Crippen LogP contribution is 2.34. The Morgan fingerprint density at radius 2 is 2.29 bits per heavy atom. The second-order valence-corrected chi connectivity index (χ2v) is 7.20. The van der Waals surface area contributed by atoms with Gasteiger partial charge < -0.3 is 14.4 Å². The minimum atomic E-state index is -0.0208. The second-order valence-electron chi connectivity index (χ2n) is 6.28. The zero-order valence-electron chi connectivity index (χ0n) is 13.5. The Hall–Kier alpha value is -1.69. The molecule has 0 radical (unpaired) electrons. The van der Waals surface area contributed by atoms with Crippen molar-refractivity contribution in [1.82, 2.24) is 4.90 Å². The fraction of sp³-hybridized carbons (Fsp3) is 0.421. The molecule has 1 aliphatic carbocycles. The van der Waals surface area contributed by atoms with Crippen molar-refractivity contribution in [2.45, 2.75) is 31.1 Å². The third-order valence-corrected chi connectivity index (χ3v) is 5.90. The summed E-state index contributed by atoms with van der Waals surface area (Å²) in [5, 5.41) is 3.03. The number of ether oxygens (including phenoxy) is 2. The molecular weight excluding hydrogens is 322 g/mol. The van der Waals surface area contributed by atoms with Gasteiger partial charge in [-0.25, -0.2) is 0 Å². The molecule has 0 spiro atoms. The van der Waals surface area contributed by atoms with Crippen LogP contribution in [0.3, 0.4) is 0 Å². The van der Waals surface area contributed by atoms with E-state index in [1.165, 1.54) is 0 Å². The molecule has 5 heteroatoms. The maximum atomic E-state index is 13.2. The predicted molar refractivity (Wildman–Crippen MR) is 95.6 cm³/mol. The standard InChI is InChI=1S/C19H21NO3S/c1-2-10-22-16-8-7-15-18(16)23-11-9-20(15)19(21)14-12-24-17-6-4-3-5-13(14)17/h2-6,12,15-16,18H,1,7-11H2/t15-,16-,18-/m0/s1. The molecule has 0 unspecified atom stereocenters. The predicted octanol–water partition coefficient (Wildman–Crippen LogP) is 3.48. The van der Waals surface area contributed by atoms with Crippen LogP contribution < -0.4 is 0 Å². The molecule has 0 N–H and O–H groups in total. The van der Waals surface area contributed by atoms with Crippen LogP contribution in [0.5, 0.6) is 0 Å². The molecule has 1 aliphatic heterocycles. The molecular formula is C19H21NO3S. The number of morpholine rings is 1. The van der Waals surface area contributed by atoms with Crippen LogP contribution in [-0.4, -0.2) is 48.8 Å². The lowest BCUT2D eigenvalue weighted by molar-refractivity contribution is -0.100. The monoisotopic (exact) mass is 343 g/mol. The van der Waals surface area contributed by atoms with Gasteiger partial charge in [-0.3, -0.25) is 4.79 Å². The van der Waals surface area contributed by atoms with Gasteiger partial charge in [0, 0.05) is 22.0 Å². The summed E-state index contributed by atoms with van der Waals surface area (Å²) in [7, 11) is 0. The van der Waals surface area contributed by atoms with Crippen molar-refractivity contribution >= 4 is 27.3 Å². The number of carbonyl (C=O) groups excluding carboxylic acids is 1. The maximum absolute atomic E-state index is 13.2. The van der Waals surface area contributed by atoms with Crippen molar-refractivity contribution in [3.63, 3.8) is 0 Å². The summed E-state index contributed by atoms with van der Waals surface area (Å²) < 4.78 is 12.9. The first kappa shape index (κ1) is 15.8. The van der Waals surface area contributed by atoms with E-state index in [4.69, 9.17) is 9.47 Å². The van der Waals surface area contributed by atoms with E-state index in [1.54, 1.807) is 17.4 Å². The zero-order chi connectivity index (χ0) is 16.5. The van der Waals surface area contributed by atoms with E-state index in [9.17, 15) is 4.79 Å². The van der Waals surface area contributed by atoms with E-state index in [2.05, 4.69) is 12.6 Å². The Bertz CT molecular complexity index is 756. The average molecular weight is 343 g/mol. The lowest BCUT2D eigenvalue weighted by atomic mass is 10.1. The molecule has 126 valence electrons. The SMILES string of the molecule is C=CCO[C@H]1CC[C@H]2[C@@H]1OCCN2C(=O)c1csc2ccccc12. The number of fused-ring (bicyclic) bond motifs is 2. The highest BCUT2D eigenvalue weighted by Gasteiger charge is 2.45. The first-order valence-corrected chi connectivity index (χ1v) is 9.29. The fourth-order valence-electron chi connectivity index (χ4n) is 3.84. The third kappa shape index (κ3) is 2.66. The van der Waals surface area contributed by atoms with Crippen molar-refractivity contribution in [3.05, 3.63) is 47.9 Å². The van der Waals surface area contributed by atoms with Crippen LogP contribution in [0.1, 0.15) is 23.2 Å². The van der Waals surface area contributed by atoms with Gasteiger partial charge in [0.25, 0.3) is 5.91 Å². The summed E-state index contributed by atoms with van der Waals surface area (Å²) in [6.45, 7) is 5.45. The lowest BCUT2D eigenvalue weighted by Crippen LogP contribution is -2.53. The molecule has 3 atom stereocenters. The van der Waals surface area contributed by atoms with Crippen LogP contribution in [0.4, 0.5) is 0 Å². The Kier molecular flexibility index (Phi) is 4.39. The molecule has 1 saturated heterocycles. The van der Waals surface area contributed by atoms with E-state index < -0.39 is 0 Å². The molecule has 2 fully saturated rings. The maximum Gasteiger partial charge on any atom is 0.255 e. The Morgan fingerprint density at radius 3 is 3.17 bits per heavy atom. The van der Waals surface area contributed by atoms with Crippen molar-refractivity contribution in [1.29, 1.82) is 0 Å². The highest BCUT2D eigenvalue weighted by molar-refractivity contribution is 7.17. The second kappa shape index (κ2) is 6.67. The molecule has 1 aromatic heterocycles.